The number of pyridine rings is 1. The Labute approximate surface area is 91.9 Å². The Morgan fingerprint density at radius 1 is 1.33 bits per heavy atom. The summed E-state index contributed by atoms with van der Waals surface area (Å²) in [6, 6.07) is 6.19. The largest absolute Gasteiger partial charge is 0.478 e. The van der Waals surface area contributed by atoms with Crippen LogP contribution in [0.1, 0.15) is 27.7 Å². The quantitative estimate of drug-likeness (QED) is 0.807. The molecule has 15 heavy (non-hydrogen) atoms. The molecule has 0 fully saturated rings. The van der Waals surface area contributed by atoms with E-state index in [4.69, 9.17) is 4.74 Å². The van der Waals surface area contributed by atoms with Gasteiger partial charge in [-0.15, -0.1) is 0 Å². The van der Waals surface area contributed by atoms with Gasteiger partial charge in [-0.2, -0.15) is 4.98 Å². The lowest BCUT2D eigenvalue weighted by Gasteiger charge is -2.18. The van der Waals surface area contributed by atoms with Crippen molar-refractivity contribution in [1.82, 2.24) is 4.98 Å². The van der Waals surface area contributed by atoms with Crippen molar-refractivity contribution in [3.05, 3.63) is 18.2 Å². The monoisotopic (exact) mass is 208 g/mol. The van der Waals surface area contributed by atoms with E-state index in [1.54, 1.807) is 0 Å². The highest BCUT2D eigenvalue weighted by molar-refractivity contribution is 5.37. The first-order valence-corrected chi connectivity index (χ1v) is 5.50. The highest BCUT2D eigenvalue weighted by Crippen LogP contribution is 2.14. The number of rotatable bonds is 5. The highest BCUT2D eigenvalue weighted by atomic mass is 16.5. The number of nitrogens with zero attached hydrogens (tertiary/aromatic N) is 1. The molecular formula is C12H20N2O. The highest BCUT2D eigenvalue weighted by Gasteiger charge is 2.07. The second kappa shape index (κ2) is 5.59. The number of anilines is 1. The van der Waals surface area contributed by atoms with Crippen LogP contribution in [-0.2, 0) is 0 Å². The average Bonchev–Trinajstić information content (AvgIpc) is 2.18. The zero-order valence-electron chi connectivity index (χ0n) is 9.95. The molecule has 0 aliphatic heterocycles. The van der Waals surface area contributed by atoms with Gasteiger partial charge in [0.05, 0.1) is 6.61 Å². The van der Waals surface area contributed by atoms with Gasteiger partial charge in [-0.05, 0) is 25.8 Å². The molecule has 1 unspecified atom stereocenters. The molecule has 1 aromatic rings. The third-order valence-corrected chi connectivity index (χ3v) is 2.39. The lowest BCUT2D eigenvalue weighted by Crippen LogP contribution is -2.22. The second-order valence-electron chi connectivity index (χ2n) is 3.97. The molecule has 0 saturated heterocycles. The van der Waals surface area contributed by atoms with Crippen molar-refractivity contribution in [2.45, 2.75) is 33.7 Å². The van der Waals surface area contributed by atoms with Gasteiger partial charge in [-0.3, -0.25) is 0 Å². The fourth-order valence-electron chi connectivity index (χ4n) is 1.12. The molecule has 3 heteroatoms. The van der Waals surface area contributed by atoms with Crippen molar-refractivity contribution >= 4 is 5.82 Å². The first-order valence-electron chi connectivity index (χ1n) is 5.50. The SMILES string of the molecule is CCOc1cccc(NC(C)C(C)C)n1. The fourth-order valence-corrected chi connectivity index (χ4v) is 1.12. The summed E-state index contributed by atoms with van der Waals surface area (Å²) in [6.45, 7) is 9.13. The Morgan fingerprint density at radius 2 is 2.07 bits per heavy atom. The van der Waals surface area contributed by atoms with E-state index in [0.717, 1.165) is 5.82 Å². The summed E-state index contributed by atoms with van der Waals surface area (Å²) in [4.78, 5) is 4.35. The minimum absolute atomic E-state index is 0.411. The van der Waals surface area contributed by atoms with Gasteiger partial charge in [-0.1, -0.05) is 19.9 Å². The van der Waals surface area contributed by atoms with Gasteiger partial charge in [0.1, 0.15) is 5.82 Å². The van der Waals surface area contributed by atoms with Gasteiger partial charge in [0, 0.05) is 12.1 Å². The summed E-state index contributed by atoms with van der Waals surface area (Å²) in [5.74, 6) is 2.14. The van der Waals surface area contributed by atoms with E-state index in [9.17, 15) is 0 Å². The normalized spacial score (nSPS) is 12.6. The third kappa shape index (κ3) is 3.78. The van der Waals surface area contributed by atoms with Crippen LogP contribution in [-0.4, -0.2) is 17.6 Å². The number of hydrogen-bond acceptors (Lipinski definition) is 3. The average molecular weight is 208 g/mol. The summed E-state index contributed by atoms with van der Waals surface area (Å²) in [5, 5.41) is 3.35. The molecule has 1 atom stereocenters. The number of nitrogens with one attached hydrogen (secondary N) is 1. The van der Waals surface area contributed by atoms with E-state index in [-0.39, 0.29) is 0 Å². The van der Waals surface area contributed by atoms with Crippen LogP contribution in [0, 0.1) is 5.92 Å². The predicted molar refractivity (Wildman–Crippen MR) is 63.3 cm³/mol. The van der Waals surface area contributed by atoms with Crippen LogP contribution in [0.3, 0.4) is 0 Å². The molecule has 0 amide bonds. The van der Waals surface area contributed by atoms with Crippen LogP contribution in [0.2, 0.25) is 0 Å². The van der Waals surface area contributed by atoms with E-state index in [2.05, 4.69) is 31.1 Å². The molecule has 0 aromatic carbocycles. The molecule has 0 radical (unpaired) electrons. The van der Waals surface area contributed by atoms with Crippen LogP contribution < -0.4 is 10.1 Å². The van der Waals surface area contributed by atoms with Gasteiger partial charge >= 0.3 is 0 Å². The lowest BCUT2D eigenvalue weighted by atomic mass is 10.1. The lowest BCUT2D eigenvalue weighted by molar-refractivity contribution is 0.327. The maximum absolute atomic E-state index is 5.34. The van der Waals surface area contributed by atoms with Crippen LogP contribution >= 0.6 is 0 Å². The molecule has 0 spiro atoms. The Hall–Kier alpha value is -1.25. The molecule has 84 valence electrons. The molecule has 1 N–H and O–H groups in total. The van der Waals surface area contributed by atoms with Crippen LogP contribution in [0.5, 0.6) is 5.88 Å². The number of ether oxygens (including phenoxy) is 1. The molecule has 0 bridgehead atoms. The molecule has 3 nitrogen and oxygen atoms in total. The number of hydrogen-bond donors (Lipinski definition) is 1. The van der Waals surface area contributed by atoms with Crippen molar-refractivity contribution in [2.24, 2.45) is 5.92 Å². The minimum Gasteiger partial charge on any atom is -0.478 e. The predicted octanol–water partition coefficient (Wildman–Crippen LogP) is 2.94. The first-order chi connectivity index (χ1) is 7.13. The fraction of sp³-hybridized carbons (Fsp3) is 0.583. The van der Waals surface area contributed by atoms with E-state index < -0.39 is 0 Å². The molecule has 1 rings (SSSR count). The Kier molecular flexibility index (Phi) is 4.40. The van der Waals surface area contributed by atoms with Crippen molar-refractivity contribution in [3.63, 3.8) is 0 Å². The Balaban J connectivity index is 2.64. The van der Waals surface area contributed by atoms with Gasteiger partial charge in [0.2, 0.25) is 5.88 Å². The van der Waals surface area contributed by atoms with E-state index >= 15 is 0 Å². The maximum atomic E-state index is 5.34. The van der Waals surface area contributed by atoms with Gasteiger partial charge in [0.25, 0.3) is 0 Å². The van der Waals surface area contributed by atoms with Crippen LogP contribution in [0.25, 0.3) is 0 Å². The van der Waals surface area contributed by atoms with Gasteiger partial charge < -0.3 is 10.1 Å². The van der Waals surface area contributed by atoms with Crippen LogP contribution in [0.4, 0.5) is 5.82 Å². The first kappa shape index (κ1) is 11.8. The zero-order chi connectivity index (χ0) is 11.3. The van der Waals surface area contributed by atoms with Crippen molar-refractivity contribution in [3.8, 4) is 5.88 Å². The summed E-state index contributed by atoms with van der Waals surface area (Å²) < 4.78 is 5.34. The third-order valence-electron chi connectivity index (χ3n) is 2.39. The smallest absolute Gasteiger partial charge is 0.215 e. The summed E-state index contributed by atoms with van der Waals surface area (Å²) >= 11 is 0. The molecule has 0 saturated carbocycles. The van der Waals surface area contributed by atoms with Crippen molar-refractivity contribution < 1.29 is 4.74 Å². The van der Waals surface area contributed by atoms with E-state index in [1.165, 1.54) is 0 Å². The summed E-state index contributed by atoms with van der Waals surface area (Å²) in [7, 11) is 0. The van der Waals surface area contributed by atoms with Gasteiger partial charge in [-0.25, -0.2) is 0 Å². The minimum atomic E-state index is 0.411. The molecule has 1 heterocycles. The maximum Gasteiger partial charge on any atom is 0.215 e. The van der Waals surface area contributed by atoms with Crippen molar-refractivity contribution in [2.75, 3.05) is 11.9 Å². The molecule has 1 aromatic heterocycles. The summed E-state index contributed by atoms with van der Waals surface area (Å²) in [5.41, 5.74) is 0. The number of aromatic nitrogens is 1. The standard InChI is InChI=1S/C12H20N2O/c1-5-15-12-8-6-7-11(14-12)13-10(4)9(2)3/h6-10H,5H2,1-4H3,(H,13,14). The van der Waals surface area contributed by atoms with Crippen LogP contribution in [0.15, 0.2) is 18.2 Å². The Morgan fingerprint density at radius 3 is 2.67 bits per heavy atom. The summed E-state index contributed by atoms with van der Waals surface area (Å²) in [6.07, 6.45) is 0. The van der Waals surface area contributed by atoms with E-state index in [1.807, 2.05) is 25.1 Å². The van der Waals surface area contributed by atoms with E-state index in [0.29, 0.717) is 24.4 Å². The zero-order valence-corrected chi connectivity index (χ0v) is 9.95. The topological polar surface area (TPSA) is 34.1 Å². The molecule has 0 aliphatic rings. The molecule has 0 aliphatic carbocycles. The van der Waals surface area contributed by atoms with Crippen molar-refractivity contribution in [1.29, 1.82) is 0 Å². The van der Waals surface area contributed by atoms with Gasteiger partial charge in [0.15, 0.2) is 0 Å². The molecular weight excluding hydrogens is 188 g/mol. The second-order valence-corrected chi connectivity index (χ2v) is 3.97. The Bertz CT molecular complexity index is 299.